The van der Waals surface area contributed by atoms with Crippen molar-refractivity contribution in [2.24, 2.45) is 0 Å². The molecular weight excluding hydrogens is 453 g/mol. The second-order valence-corrected chi connectivity index (χ2v) is 7.52. The van der Waals surface area contributed by atoms with Gasteiger partial charge >= 0.3 is 5.97 Å². The first kappa shape index (κ1) is 24.6. The van der Waals surface area contributed by atoms with Crippen molar-refractivity contribution in [2.75, 3.05) is 33.4 Å². The Hall–Kier alpha value is -1.70. The van der Waals surface area contributed by atoms with Crippen molar-refractivity contribution in [3.8, 4) is 11.5 Å². The lowest BCUT2D eigenvalue weighted by Gasteiger charge is -2.33. The summed E-state index contributed by atoms with van der Waals surface area (Å²) in [6.07, 6.45) is -0.0357. The molecule has 0 radical (unpaired) electrons. The summed E-state index contributed by atoms with van der Waals surface area (Å²) in [5, 5.41) is 9.98. The molecule has 9 heteroatoms. The van der Waals surface area contributed by atoms with E-state index in [1.165, 1.54) is 0 Å². The Morgan fingerprint density at radius 3 is 2.63 bits per heavy atom. The van der Waals surface area contributed by atoms with E-state index in [0.717, 1.165) is 12.1 Å². The predicted octanol–water partition coefficient (Wildman–Crippen LogP) is 4.85. The van der Waals surface area contributed by atoms with E-state index in [1.807, 2.05) is 18.2 Å². The third-order valence-corrected chi connectivity index (χ3v) is 5.49. The number of morpholine rings is 1. The van der Waals surface area contributed by atoms with Gasteiger partial charge in [0.15, 0.2) is 11.5 Å². The summed E-state index contributed by atoms with van der Waals surface area (Å²) < 4.78 is 17.3. The van der Waals surface area contributed by atoms with Crippen LogP contribution in [-0.4, -0.2) is 49.3 Å². The molecule has 1 unspecified atom stereocenters. The third kappa shape index (κ3) is 6.40. The first-order chi connectivity index (χ1) is 14.0. The Balaban J connectivity index is 0.00000320. The van der Waals surface area contributed by atoms with Gasteiger partial charge in [-0.1, -0.05) is 35.3 Å². The van der Waals surface area contributed by atoms with Crippen LogP contribution in [0, 0.1) is 0 Å². The maximum Gasteiger partial charge on any atom is 0.304 e. The molecule has 0 amide bonds. The number of nitrogens with zero attached hydrogens (tertiary/aromatic N) is 1. The van der Waals surface area contributed by atoms with Crippen LogP contribution in [0.4, 0.5) is 0 Å². The highest BCUT2D eigenvalue weighted by Crippen LogP contribution is 2.34. The number of aliphatic carboxylic acids is 1. The molecule has 1 aliphatic heterocycles. The molecule has 0 saturated carbocycles. The molecule has 0 aromatic heterocycles. The molecule has 1 atom stereocenters. The van der Waals surface area contributed by atoms with Gasteiger partial charge in [-0.3, -0.25) is 9.69 Å². The van der Waals surface area contributed by atoms with Gasteiger partial charge in [0.1, 0.15) is 6.61 Å². The van der Waals surface area contributed by atoms with Crippen LogP contribution in [0.2, 0.25) is 10.0 Å². The second-order valence-electron chi connectivity index (χ2n) is 6.70. The quantitative estimate of drug-likeness (QED) is 0.587. The Morgan fingerprint density at radius 2 is 1.97 bits per heavy atom. The zero-order valence-corrected chi connectivity index (χ0v) is 18.8. The molecule has 0 spiro atoms. The summed E-state index contributed by atoms with van der Waals surface area (Å²) in [5.41, 5.74) is 1.66. The Morgan fingerprint density at radius 1 is 1.23 bits per heavy atom. The maximum atomic E-state index is 10.8. The van der Waals surface area contributed by atoms with E-state index in [9.17, 15) is 4.79 Å². The van der Waals surface area contributed by atoms with E-state index in [-0.39, 0.29) is 31.5 Å². The molecule has 6 nitrogen and oxygen atoms in total. The minimum absolute atomic E-state index is 0. The summed E-state index contributed by atoms with van der Waals surface area (Å²) in [5.74, 6) is 0.359. The van der Waals surface area contributed by atoms with Crippen molar-refractivity contribution in [1.82, 2.24) is 4.90 Å². The molecule has 0 bridgehead atoms. The molecule has 2 aromatic rings. The molecule has 1 aliphatic rings. The van der Waals surface area contributed by atoms with Gasteiger partial charge in [0.05, 0.1) is 26.2 Å². The van der Waals surface area contributed by atoms with Gasteiger partial charge in [-0.2, -0.15) is 0 Å². The largest absolute Gasteiger partial charge is 0.493 e. The highest BCUT2D eigenvalue weighted by molar-refractivity contribution is 6.35. The first-order valence-electron chi connectivity index (χ1n) is 9.27. The van der Waals surface area contributed by atoms with Crippen LogP contribution in [-0.2, 0) is 16.1 Å². The van der Waals surface area contributed by atoms with E-state index in [4.69, 9.17) is 42.5 Å². The molecule has 1 heterocycles. The minimum Gasteiger partial charge on any atom is -0.493 e. The monoisotopic (exact) mass is 475 g/mol. The maximum absolute atomic E-state index is 10.8. The number of rotatable bonds is 8. The number of carboxylic acids is 1. The van der Waals surface area contributed by atoms with Gasteiger partial charge in [0.2, 0.25) is 0 Å². The number of hydrogen-bond donors (Lipinski definition) is 1. The zero-order valence-electron chi connectivity index (χ0n) is 16.5. The van der Waals surface area contributed by atoms with Crippen molar-refractivity contribution >= 4 is 41.6 Å². The summed E-state index contributed by atoms with van der Waals surface area (Å²) in [6, 6.07) is 11.0. The van der Waals surface area contributed by atoms with Crippen molar-refractivity contribution < 1.29 is 24.1 Å². The fourth-order valence-electron chi connectivity index (χ4n) is 3.18. The molecule has 164 valence electrons. The van der Waals surface area contributed by atoms with Crippen LogP contribution in [0.1, 0.15) is 23.7 Å². The van der Waals surface area contributed by atoms with E-state index in [2.05, 4.69) is 4.90 Å². The van der Waals surface area contributed by atoms with E-state index in [1.54, 1.807) is 25.3 Å². The molecule has 2 aromatic carbocycles. The summed E-state index contributed by atoms with van der Waals surface area (Å²) in [7, 11) is 1.58. The standard InChI is InChI=1S/C21H23Cl2NO5.ClH/c1-27-19-11-14(20-12-24(9-10-28-20)8-7-21(25)26)5-6-18(19)29-13-15-16(22)3-2-4-17(15)23;/h2-6,11,20H,7-10,12-13H2,1H3,(H,25,26);1H. The average molecular weight is 477 g/mol. The summed E-state index contributed by atoms with van der Waals surface area (Å²) >= 11 is 12.4. The number of ether oxygens (including phenoxy) is 3. The normalized spacial score (nSPS) is 16.6. The first-order valence-corrected chi connectivity index (χ1v) is 10.0. The van der Waals surface area contributed by atoms with Gasteiger partial charge in [-0.25, -0.2) is 0 Å². The Bertz CT molecular complexity index is 844. The van der Waals surface area contributed by atoms with Crippen LogP contribution >= 0.6 is 35.6 Å². The molecule has 1 fully saturated rings. The lowest BCUT2D eigenvalue weighted by atomic mass is 10.1. The molecule has 1 N–H and O–H groups in total. The van der Waals surface area contributed by atoms with Crippen LogP contribution in [0.15, 0.2) is 36.4 Å². The Labute approximate surface area is 192 Å². The number of halogens is 3. The topological polar surface area (TPSA) is 68.2 Å². The van der Waals surface area contributed by atoms with E-state index < -0.39 is 5.97 Å². The average Bonchev–Trinajstić information content (AvgIpc) is 2.72. The predicted molar refractivity (Wildman–Crippen MR) is 118 cm³/mol. The SMILES string of the molecule is COc1cc(C2CN(CCC(=O)O)CCO2)ccc1OCc1c(Cl)cccc1Cl.Cl. The number of carboxylic acid groups (broad SMARTS) is 1. The van der Waals surface area contributed by atoms with Gasteiger partial charge in [-0.15, -0.1) is 12.4 Å². The van der Waals surface area contributed by atoms with Crippen LogP contribution in [0.3, 0.4) is 0 Å². The lowest BCUT2D eigenvalue weighted by molar-refractivity contribution is -0.137. The van der Waals surface area contributed by atoms with E-state index >= 15 is 0 Å². The van der Waals surface area contributed by atoms with E-state index in [0.29, 0.717) is 46.8 Å². The van der Waals surface area contributed by atoms with Crippen LogP contribution < -0.4 is 9.47 Å². The smallest absolute Gasteiger partial charge is 0.304 e. The molecule has 3 rings (SSSR count). The van der Waals surface area contributed by atoms with Crippen molar-refractivity contribution in [1.29, 1.82) is 0 Å². The number of carbonyl (C=O) groups is 1. The zero-order chi connectivity index (χ0) is 20.8. The number of methoxy groups -OCH3 is 1. The van der Waals surface area contributed by atoms with Crippen molar-refractivity contribution in [3.05, 3.63) is 57.6 Å². The highest BCUT2D eigenvalue weighted by atomic mass is 35.5. The van der Waals surface area contributed by atoms with Crippen molar-refractivity contribution in [2.45, 2.75) is 19.1 Å². The molecule has 1 saturated heterocycles. The lowest BCUT2D eigenvalue weighted by Crippen LogP contribution is -2.39. The number of benzene rings is 2. The molecular formula is C21H24Cl3NO5. The summed E-state index contributed by atoms with van der Waals surface area (Å²) in [4.78, 5) is 12.9. The van der Waals surface area contributed by atoms with Crippen LogP contribution in [0.5, 0.6) is 11.5 Å². The number of hydrogen-bond acceptors (Lipinski definition) is 5. The minimum atomic E-state index is -0.796. The fraction of sp³-hybridized carbons (Fsp3) is 0.381. The highest BCUT2D eigenvalue weighted by Gasteiger charge is 2.23. The van der Waals surface area contributed by atoms with Gasteiger partial charge in [0.25, 0.3) is 0 Å². The third-order valence-electron chi connectivity index (χ3n) is 4.79. The van der Waals surface area contributed by atoms with Gasteiger partial charge in [0, 0.05) is 35.2 Å². The fourth-order valence-corrected chi connectivity index (χ4v) is 3.69. The molecule has 30 heavy (non-hydrogen) atoms. The summed E-state index contributed by atoms with van der Waals surface area (Å²) in [6.45, 7) is 2.63. The van der Waals surface area contributed by atoms with Crippen LogP contribution in [0.25, 0.3) is 0 Å². The van der Waals surface area contributed by atoms with Gasteiger partial charge in [-0.05, 0) is 29.8 Å². The second kappa shape index (κ2) is 11.6. The Kier molecular flexibility index (Phi) is 9.52. The molecule has 0 aliphatic carbocycles. The van der Waals surface area contributed by atoms with Gasteiger partial charge < -0.3 is 19.3 Å². The van der Waals surface area contributed by atoms with Crippen molar-refractivity contribution in [3.63, 3.8) is 0 Å².